The van der Waals surface area contributed by atoms with Crippen molar-refractivity contribution in [3.8, 4) is 0 Å². The number of nitrogens with one attached hydrogen (secondary N) is 1. The number of amides is 1. The van der Waals surface area contributed by atoms with Crippen molar-refractivity contribution in [2.75, 3.05) is 6.54 Å². The molecule has 0 radical (unpaired) electrons. The second-order valence-electron chi connectivity index (χ2n) is 5.45. The molecule has 0 saturated carbocycles. The Morgan fingerprint density at radius 1 is 1.17 bits per heavy atom. The molecule has 0 spiro atoms. The third kappa shape index (κ3) is 2.80. The number of fused-ring (bicyclic) bond motifs is 2. The van der Waals surface area contributed by atoms with Gasteiger partial charge in [0.1, 0.15) is 0 Å². The van der Waals surface area contributed by atoms with E-state index in [2.05, 4.69) is 10.3 Å². The molecule has 0 aliphatic rings. The van der Waals surface area contributed by atoms with E-state index in [9.17, 15) is 9.90 Å². The van der Waals surface area contributed by atoms with E-state index in [1.54, 1.807) is 22.9 Å². The molecule has 4 aromatic rings. The van der Waals surface area contributed by atoms with E-state index >= 15 is 0 Å². The lowest BCUT2D eigenvalue weighted by atomic mass is 10.1. The molecular weight excluding hydrogens is 340 g/mol. The van der Waals surface area contributed by atoms with Crippen LogP contribution in [0.5, 0.6) is 0 Å². The minimum atomic E-state index is -0.725. The molecule has 2 aromatic heterocycles. The first kappa shape index (κ1) is 15.3. The van der Waals surface area contributed by atoms with Crippen LogP contribution in [-0.2, 0) is 0 Å². The molecule has 6 heteroatoms. The van der Waals surface area contributed by atoms with E-state index in [1.807, 2.05) is 41.8 Å². The lowest BCUT2D eigenvalue weighted by Gasteiger charge is -2.11. The number of carbonyl (C=O) groups is 1. The highest BCUT2D eigenvalue weighted by molar-refractivity contribution is 7.17. The molecule has 0 unspecified atom stereocenters. The second-order valence-corrected chi connectivity index (χ2v) is 7.25. The maximum Gasteiger partial charge on any atom is 0.251 e. The van der Waals surface area contributed by atoms with Crippen LogP contribution >= 0.6 is 22.7 Å². The van der Waals surface area contributed by atoms with Gasteiger partial charge in [0.25, 0.3) is 5.91 Å². The number of hydrogen-bond acceptors (Lipinski definition) is 5. The van der Waals surface area contributed by atoms with Gasteiger partial charge in [-0.05, 0) is 35.0 Å². The molecule has 0 saturated heterocycles. The van der Waals surface area contributed by atoms with Gasteiger partial charge in [0.15, 0.2) is 0 Å². The van der Waals surface area contributed by atoms with Gasteiger partial charge in [-0.2, -0.15) is 0 Å². The molecule has 0 bridgehead atoms. The quantitative estimate of drug-likeness (QED) is 0.583. The Bertz CT molecular complexity index is 1020. The molecule has 0 aliphatic carbocycles. The van der Waals surface area contributed by atoms with E-state index in [0.29, 0.717) is 5.56 Å². The second kappa shape index (κ2) is 6.32. The number of rotatable bonds is 4. The smallest absolute Gasteiger partial charge is 0.251 e. The van der Waals surface area contributed by atoms with Crippen LogP contribution in [-0.4, -0.2) is 22.5 Å². The number of hydrogen-bond donors (Lipinski definition) is 2. The first-order chi connectivity index (χ1) is 11.7. The maximum atomic E-state index is 12.3. The van der Waals surface area contributed by atoms with Gasteiger partial charge in [0.2, 0.25) is 0 Å². The van der Waals surface area contributed by atoms with Crippen LogP contribution in [0.3, 0.4) is 0 Å². The van der Waals surface area contributed by atoms with E-state index in [0.717, 1.165) is 25.9 Å². The Morgan fingerprint density at radius 2 is 2.04 bits per heavy atom. The Morgan fingerprint density at radius 3 is 2.96 bits per heavy atom. The highest BCUT2D eigenvalue weighted by atomic mass is 32.1. The minimum Gasteiger partial charge on any atom is -0.387 e. The minimum absolute atomic E-state index is 0.181. The first-order valence-electron chi connectivity index (χ1n) is 7.48. The van der Waals surface area contributed by atoms with Crippen LogP contribution in [0.1, 0.15) is 22.0 Å². The number of aliphatic hydroxyl groups is 1. The van der Waals surface area contributed by atoms with E-state index < -0.39 is 6.10 Å². The van der Waals surface area contributed by atoms with Crippen molar-refractivity contribution in [2.24, 2.45) is 0 Å². The number of nitrogens with zero attached hydrogens (tertiary/aromatic N) is 1. The van der Waals surface area contributed by atoms with E-state index in [-0.39, 0.29) is 12.5 Å². The highest BCUT2D eigenvalue weighted by Crippen LogP contribution is 2.30. The summed E-state index contributed by atoms with van der Waals surface area (Å²) in [5, 5.41) is 16.2. The molecule has 1 atom stereocenters. The SMILES string of the molecule is O=C(NC[C@H](O)c1csc2ccccc12)c1ccc2ncsc2c1. The Kier molecular flexibility index (Phi) is 4.02. The van der Waals surface area contributed by atoms with Gasteiger partial charge >= 0.3 is 0 Å². The molecule has 1 amide bonds. The summed E-state index contributed by atoms with van der Waals surface area (Å²) in [6.45, 7) is 0.181. The fourth-order valence-electron chi connectivity index (χ4n) is 2.65. The van der Waals surface area contributed by atoms with E-state index in [4.69, 9.17) is 0 Å². The fraction of sp³-hybridized carbons (Fsp3) is 0.111. The summed E-state index contributed by atoms with van der Waals surface area (Å²) in [6, 6.07) is 13.4. The third-order valence-corrected chi connectivity index (χ3v) is 5.69. The predicted octanol–water partition coefficient (Wildman–Crippen LogP) is 3.97. The standard InChI is InChI=1S/C18H14N2O2S2/c21-15(13-9-23-16-4-2-1-3-12(13)16)8-19-18(22)11-5-6-14-17(7-11)24-10-20-14/h1-7,9-10,15,21H,8H2,(H,19,22)/t15-/m0/s1. The van der Waals surface area contributed by atoms with Gasteiger partial charge in [-0.25, -0.2) is 4.98 Å². The number of carbonyl (C=O) groups excluding carboxylic acids is 1. The van der Waals surface area contributed by atoms with Crippen molar-refractivity contribution in [2.45, 2.75) is 6.10 Å². The number of aromatic nitrogens is 1. The summed E-state index contributed by atoms with van der Waals surface area (Å²) in [5.74, 6) is -0.191. The zero-order valence-corrected chi connectivity index (χ0v) is 14.2. The summed E-state index contributed by atoms with van der Waals surface area (Å²) < 4.78 is 2.11. The first-order valence-corrected chi connectivity index (χ1v) is 9.24. The Labute approximate surface area is 146 Å². The number of aliphatic hydroxyl groups excluding tert-OH is 1. The van der Waals surface area contributed by atoms with Gasteiger partial charge in [-0.15, -0.1) is 22.7 Å². The van der Waals surface area contributed by atoms with Gasteiger partial charge in [-0.1, -0.05) is 18.2 Å². The summed E-state index contributed by atoms with van der Waals surface area (Å²) in [4.78, 5) is 16.5. The largest absolute Gasteiger partial charge is 0.387 e. The van der Waals surface area contributed by atoms with Crippen LogP contribution in [0.25, 0.3) is 20.3 Å². The van der Waals surface area contributed by atoms with Crippen LogP contribution in [0.4, 0.5) is 0 Å². The zero-order chi connectivity index (χ0) is 16.5. The number of benzene rings is 2. The van der Waals surface area contributed by atoms with Gasteiger partial charge in [0.05, 0.1) is 21.8 Å². The summed E-state index contributed by atoms with van der Waals surface area (Å²) in [5.41, 5.74) is 4.09. The average molecular weight is 354 g/mol. The monoisotopic (exact) mass is 354 g/mol. The maximum absolute atomic E-state index is 12.3. The van der Waals surface area contributed by atoms with Crippen LogP contribution in [0.2, 0.25) is 0 Å². The molecule has 2 aromatic carbocycles. The van der Waals surface area contributed by atoms with Gasteiger partial charge in [-0.3, -0.25) is 4.79 Å². The van der Waals surface area contributed by atoms with Crippen molar-refractivity contribution >= 4 is 48.9 Å². The van der Waals surface area contributed by atoms with Crippen molar-refractivity contribution in [1.82, 2.24) is 10.3 Å². The molecule has 4 nitrogen and oxygen atoms in total. The third-order valence-electron chi connectivity index (χ3n) is 3.92. The average Bonchev–Trinajstić information content (AvgIpc) is 3.25. The summed E-state index contributed by atoms with van der Waals surface area (Å²) in [6.07, 6.45) is -0.725. The van der Waals surface area contributed by atoms with Crippen molar-refractivity contribution < 1.29 is 9.90 Å². The topological polar surface area (TPSA) is 62.2 Å². The molecule has 0 aliphatic heterocycles. The molecule has 0 fully saturated rings. The predicted molar refractivity (Wildman–Crippen MR) is 98.7 cm³/mol. The molecule has 2 heterocycles. The zero-order valence-electron chi connectivity index (χ0n) is 12.6. The van der Waals surface area contributed by atoms with Crippen molar-refractivity contribution in [3.05, 3.63) is 64.5 Å². The Hall–Kier alpha value is -2.28. The van der Waals surface area contributed by atoms with Crippen LogP contribution in [0.15, 0.2) is 53.4 Å². The lowest BCUT2D eigenvalue weighted by molar-refractivity contribution is 0.0917. The summed E-state index contributed by atoms with van der Waals surface area (Å²) in [7, 11) is 0. The lowest BCUT2D eigenvalue weighted by Crippen LogP contribution is -2.28. The number of thiazole rings is 1. The molecule has 120 valence electrons. The molecular formula is C18H14N2O2S2. The summed E-state index contributed by atoms with van der Waals surface area (Å²) >= 11 is 3.10. The van der Waals surface area contributed by atoms with E-state index in [1.165, 1.54) is 11.3 Å². The van der Waals surface area contributed by atoms with Crippen molar-refractivity contribution in [1.29, 1.82) is 0 Å². The number of thiophene rings is 1. The Balaban J connectivity index is 1.48. The van der Waals surface area contributed by atoms with Gasteiger partial charge < -0.3 is 10.4 Å². The fourth-order valence-corrected chi connectivity index (χ4v) is 4.38. The van der Waals surface area contributed by atoms with Crippen molar-refractivity contribution in [3.63, 3.8) is 0 Å². The molecule has 2 N–H and O–H groups in total. The molecule has 4 rings (SSSR count). The highest BCUT2D eigenvalue weighted by Gasteiger charge is 2.15. The molecule has 24 heavy (non-hydrogen) atoms. The van der Waals surface area contributed by atoms with Crippen LogP contribution in [0, 0.1) is 0 Å². The normalized spacial score (nSPS) is 12.5. The van der Waals surface area contributed by atoms with Gasteiger partial charge in [0, 0.05) is 22.4 Å². The van der Waals surface area contributed by atoms with Crippen LogP contribution < -0.4 is 5.32 Å².